The molecule has 0 fully saturated rings. The van der Waals surface area contributed by atoms with E-state index >= 15 is 0 Å². The average molecular weight is 384 g/mol. The number of rotatable bonds is 3. The normalized spacial score (nSPS) is 10.3. The quantitative estimate of drug-likeness (QED) is 0.601. The van der Waals surface area contributed by atoms with Gasteiger partial charge in [-0.1, -0.05) is 22.0 Å². The van der Waals surface area contributed by atoms with Crippen LogP contribution in [0.1, 0.15) is 11.1 Å². The Balaban J connectivity index is 2.33. The number of hydrogen-bond acceptors (Lipinski definition) is 2. The number of halogens is 2. The van der Waals surface area contributed by atoms with Crippen LogP contribution in [0.5, 0.6) is 11.5 Å². The van der Waals surface area contributed by atoms with Gasteiger partial charge in [0, 0.05) is 10.0 Å². The number of nitrogens with two attached hydrogens (primary N) is 1. The highest BCUT2D eigenvalue weighted by Gasteiger charge is 2.07. The molecule has 98 valence electrons. The van der Waals surface area contributed by atoms with Gasteiger partial charge in [0.1, 0.15) is 17.3 Å². The number of hydrogen-bond donors (Lipinski definition) is 2. The Labute approximate surface area is 128 Å². The molecule has 2 aromatic rings. The molecule has 0 bridgehead atoms. The summed E-state index contributed by atoms with van der Waals surface area (Å²) < 4.78 is 7.59. The second kappa shape index (κ2) is 5.75. The Morgan fingerprint density at radius 1 is 1.11 bits per heavy atom. The summed E-state index contributed by atoms with van der Waals surface area (Å²) in [5.41, 5.74) is 7.15. The fourth-order valence-electron chi connectivity index (χ4n) is 1.55. The summed E-state index contributed by atoms with van der Waals surface area (Å²) in [5, 5.41) is 7.40. The largest absolute Gasteiger partial charge is 0.456 e. The lowest BCUT2D eigenvalue weighted by atomic mass is 10.2. The molecule has 3 N–H and O–H groups in total. The van der Waals surface area contributed by atoms with Crippen LogP contribution < -0.4 is 10.5 Å². The fraction of sp³-hybridized carbons (Fsp3) is 0.0714. The van der Waals surface area contributed by atoms with E-state index in [1.807, 2.05) is 25.1 Å². The zero-order valence-electron chi connectivity index (χ0n) is 10.2. The van der Waals surface area contributed by atoms with Crippen LogP contribution in [0, 0.1) is 12.3 Å². The predicted octanol–water partition coefficient (Wildman–Crippen LogP) is 4.60. The molecular weight excluding hydrogens is 372 g/mol. The second-order valence-electron chi connectivity index (χ2n) is 4.07. The van der Waals surface area contributed by atoms with Gasteiger partial charge in [-0.15, -0.1) is 0 Å². The number of amidine groups is 1. The Morgan fingerprint density at radius 2 is 1.84 bits per heavy atom. The van der Waals surface area contributed by atoms with Crippen LogP contribution in [0.15, 0.2) is 45.3 Å². The summed E-state index contributed by atoms with van der Waals surface area (Å²) in [6.07, 6.45) is 0. The maximum Gasteiger partial charge on any atom is 0.141 e. The number of benzene rings is 2. The SMILES string of the molecule is Cc1ccc(Br)cc1Oc1ccc(C(=N)N)cc1Br. The van der Waals surface area contributed by atoms with E-state index in [0.29, 0.717) is 11.3 Å². The third-order valence-corrected chi connectivity index (χ3v) is 3.73. The van der Waals surface area contributed by atoms with Gasteiger partial charge in [0.15, 0.2) is 0 Å². The topological polar surface area (TPSA) is 59.1 Å². The molecule has 0 radical (unpaired) electrons. The van der Waals surface area contributed by atoms with Crippen molar-refractivity contribution < 1.29 is 4.74 Å². The smallest absolute Gasteiger partial charge is 0.141 e. The first-order chi connectivity index (χ1) is 8.97. The summed E-state index contributed by atoms with van der Waals surface area (Å²) in [7, 11) is 0. The van der Waals surface area contributed by atoms with E-state index in [0.717, 1.165) is 20.3 Å². The van der Waals surface area contributed by atoms with Crippen molar-refractivity contribution in [1.82, 2.24) is 0 Å². The molecule has 0 saturated heterocycles. The molecule has 0 atom stereocenters. The Kier molecular flexibility index (Phi) is 4.27. The molecule has 5 heteroatoms. The van der Waals surface area contributed by atoms with Gasteiger partial charge in [-0.25, -0.2) is 0 Å². The summed E-state index contributed by atoms with van der Waals surface area (Å²) in [4.78, 5) is 0. The van der Waals surface area contributed by atoms with Crippen LogP contribution in [0.4, 0.5) is 0 Å². The lowest BCUT2D eigenvalue weighted by molar-refractivity contribution is 0.475. The van der Waals surface area contributed by atoms with E-state index in [2.05, 4.69) is 31.9 Å². The molecule has 0 saturated carbocycles. The summed E-state index contributed by atoms with van der Waals surface area (Å²) in [6, 6.07) is 11.2. The average Bonchev–Trinajstić information content (AvgIpc) is 2.36. The van der Waals surface area contributed by atoms with Gasteiger partial charge in [0.05, 0.1) is 4.47 Å². The van der Waals surface area contributed by atoms with Crippen molar-refractivity contribution in [3.05, 3.63) is 56.5 Å². The molecular formula is C14H12Br2N2O. The van der Waals surface area contributed by atoms with Crippen LogP contribution >= 0.6 is 31.9 Å². The zero-order chi connectivity index (χ0) is 14.0. The van der Waals surface area contributed by atoms with Gasteiger partial charge in [0.2, 0.25) is 0 Å². The number of nitrogens with one attached hydrogen (secondary N) is 1. The van der Waals surface area contributed by atoms with Crippen molar-refractivity contribution in [3.63, 3.8) is 0 Å². The maximum absolute atomic E-state index is 7.40. The van der Waals surface area contributed by atoms with E-state index in [1.165, 1.54) is 0 Å². The highest BCUT2D eigenvalue weighted by atomic mass is 79.9. The van der Waals surface area contributed by atoms with Crippen LogP contribution in [-0.2, 0) is 0 Å². The lowest BCUT2D eigenvalue weighted by Crippen LogP contribution is -2.10. The van der Waals surface area contributed by atoms with Gasteiger partial charge in [-0.05, 0) is 58.7 Å². The van der Waals surface area contributed by atoms with E-state index < -0.39 is 0 Å². The first-order valence-electron chi connectivity index (χ1n) is 5.55. The van der Waals surface area contributed by atoms with Crippen molar-refractivity contribution >= 4 is 37.7 Å². The Hall–Kier alpha value is -1.33. The van der Waals surface area contributed by atoms with Crippen LogP contribution in [0.3, 0.4) is 0 Å². The van der Waals surface area contributed by atoms with Crippen LogP contribution in [-0.4, -0.2) is 5.84 Å². The van der Waals surface area contributed by atoms with Crippen molar-refractivity contribution in [3.8, 4) is 11.5 Å². The van der Waals surface area contributed by atoms with Gasteiger partial charge in [-0.3, -0.25) is 5.41 Å². The Morgan fingerprint density at radius 3 is 2.47 bits per heavy atom. The molecule has 0 amide bonds. The van der Waals surface area contributed by atoms with Crippen molar-refractivity contribution in [2.45, 2.75) is 6.92 Å². The molecule has 0 aromatic heterocycles. The van der Waals surface area contributed by atoms with E-state index in [-0.39, 0.29) is 5.84 Å². The molecule has 2 aromatic carbocycles. The molecule has 0 unspecified atom stereocenters. The highest BCUT2D eigenvalue weighted by Crippen LogP contribution is 2.33. The molecule has 3 nitrogen and oxygen atoms in total. The molecule has 0 aliphatic carbocycles. The lowest BCUT2D eigenvalue weighted by Gasteiger charge is -2.11. The number of ether oxygens (including phenoxy) is 1. The first kappa shape index (κ1) is 14.1. The molecule has 0 spiro atoms. The summed E-state index contributed by atoms with van der Waals surface area (Å²) in [5.74, 6) is 1.50. The van der Waals surface area contributed by atoms with Crippen molar-refractivity contribution in [2.24, 2.45) is 5.73 Å². The minimum Gasteiger partial charge on any atom is -0.456 e. The maximum atomic E-state index is 7.40. The fourth-order valence-corrected chi connectivity index (χ4v) is 2.35. The molecule has 2 rings (SSSR count). The van der Waals surface area contributed by atoms with E-state index in [4.69, 9.17) is 15.9 Å². The third kappa shape index (κ3) is 3.36. The Bertz CT molecular complexity index is 641. The molecule has 0 aliphatic heterocycles. The second-order valence-corrected chi connectivity index (χ2v) is 5.84. The highest BCUT2D eigenvalue weighted by molar-refractivity contribution is 9.10. The molecule has 19 heavy (non-hydrogen) atoms. The van der Waals surface area contributed by atoms with Gasteiger partial charge in [-0.2, -0.15) is 0 Å². The third-order valence-electron chi connectivity index (χ3n) is 2.61. The van der Waals surface area contributed by atoms with Gasteiger partial charge >= 0.3 is 0 Å². The minimum atomic E-state index is 0.0332. The van der Waals surface area contributed by atoms with Gasteiger partial charge < -0.3 is 10.5 Å². The standard InChI is InChI=1S/C14H12Br2N2O/c1-8-2-4-10(15)7-13(8)19-12-5-3-9(14(17)18)6-11(12)16/h2-7H,1H3,(H3,17,18). The molecule has 0 heterocycles. The van der Waals surface area contributed by atoms with Crippen molar-refractivity contribution in [1.29, 1.82) is 5.41 Å². The predicted molar refractivity (Wildman–Crippen MR) is 84.1 cm³/mol. The minimum absolute atomic E-state index is 0.0332. The van der Waals surface area contributed by atoms with E-state index in [9.17, 15) is 0 Å². The van der Waals surface area contributed by atoms with E-state index in [1.54, 1.807) is 18.2 Å². The zero-order valence-corrected chi connectivity index (χ0v) is 13.4. The van der Waals surface area contributed by atoms with Crippen molar-refractivity contribution in [2.75, 3.05) is 0 Å². The number of aryl methyl sites for hydroxylation is 1. The first-order valence-corrected chi connectivity index (χ1v) is 7.14. The van der Waals surface area contributed by atoms with Crippen LogP contribution in [0.2, 0.25) is 0 Å². The number of nitrogen functional groups attached to an aromatic ring is 1. The van der Waals surface area contributed by atoms with Crippen LogP contribution in [0.25, 0.3) is 0 Å². The molecule has 0 aliphatic rings. The summed E-state index contributed by atoms with van der Waals surface area (Å²) in [6.45, 7) is 1.99. The van der Waals surface area contributed by atoms with Gasteiger partial charge in [0.25, 0.3) is 0 Å². The summed E-state index contributed by atoms with van der Waals surface area (Å²) >= 11 is 6.85. The monoisotopic (exact) mass is 382 g/mol.